The first-order chi connectivity index (χ1) is 8.86. The van der Waals surface area contributed by atoms with Crippen molar-refractivity contribution in [3.05, 3.63) is 30.3 Å². The highest BCUT2D eigenvalue weighted by molar-refractivity contribution is 5.42. The van der Waals surface area contributed by atoms with Crippen LogP contribution < -0.4 is 5.32 Å². The molecule has 1 saturated carbocycles. The van der Waals surface area contributed by atoms with Crippen LogP contribution in [-0.4, -0.2) is 31.1 Å². The van der Waals surface area contributed by atoms with E-state index in [9.17, 15) is 0 Å². The molecule has 1 N–H and O–H groups in total. The molecule has 1 fully saturated rings. The van der Waals surface area contributed by atoms with Crippen LogP contribution in [0.5, 0.6) is 0 Å². The van der Waals surface area contributed by atoms with E-state index in [0.717, 1.165) is 19.1 Å². The summed E-state index contributed by atoms with van der Waals surface area (Å²) in [4.78, 5) is 2.54. The average Bonchev–Trinajstić information content (AvgIpc) is 2.69. The molecule has 1 aliphatic carbocycles. The molecule has 1 aliphatic rings. The van der Waals surface area contributed by atoms with Crippen molar-refractivity contribution in [3.63, 3.8) is 0 Å². The number of para-hydroxylation sites is 1. The lowest BCUT2D eigenvalue weighted by atomic mass is 10.1. The normalized spacial score (nSPS) is 17.7. The van der Waals surface area contributed by atoms with Gasteiger partial charge in [0, 0.05) is 24.8 Å². The molecule has 0 unspecified atom stereocenters. The van der Waals surface area contributed by atoms with Crippen LogP contribution in [0.25, 0.3) is 0 Å². The van der Waals surface area contributed by atoms with Gasteiger partial charge in [0.1, 0.15) is 0 Å². The highest BCUT2D eigenvalue weighted by Crippen LogP contribution is 2.20. The summed E-state index contributed by atoms with van der Waals surface area (Å²) < 4.78 is 0. The molecule has 0 aromatic heterocycles. The van der Waals surface area contributed by atoms with Gasteiger partial charge in [0.2, 0.25) is 0 Å². The van der Waals surface area contributed by atoms with E-state index in [1.807, 2.05) is 0 Å². The van der Waals surface area contributed by atoms with Gasteiger partial charge >= 0.3 is 0 Å². The molecule has 0 saturated heterocycles. The van der Waals surface area contributed by atoms with Gasteiger partial charge in [-0.2, -0.15) is 0 Å². The van der Waals surface area contributed by atoms with Crippen molar-refractivity contribution in [1.82, 2.24) is 4.90 Å². The van der Waals surface area contributed by atoms with Gasteiger partial charge < -0.3 is 10.2 Å². The zero-order chi connectivity index (χ0) is 12.6. The predicted molar refractivity (Wildman–Crippen MR) is 79.1 cm³/mol. The van der Waals surface area contributed by atoms with Gasteiger partial charge in [-0.05, 0) is 32.0 Å². The number of rotatable bonds is 5. The SMILES string of the molecule is CN(CCNc1ccccc1)C1CCCCCC1. The summed E-state index contributed by atoms with van der Waals surface area (Å²) in [6, 6.07) is 11.3. The summed E-state index contributed by atoms with van der Waals surface area (Å²) in [7, 11) is 2.28. The van der Waals surface area contributed by atoms with E-state index in [0.29, 0.717) is 0 Å². The maximum atomic E-state index is 3.49. The van der Waals surface area contributed by atoms with Gasteiger partial charge in [-0.1, -0.05) is 43.9 Å². The number of hydrogen-bond acceptors (Lipinski definition) is 2. The molecule has 2 rings (SSSR count). The van der Waals surface area contributed by atoms with Crippen molar-refractivity contribution in [2.75, 3.05) is 25.5 Å². The van der Waals surface area contributed by atoms with E-state index >= 15 is 0 Å². The van der Waals surface area contributed by atoms with Gasteiger partial charge in [-0.3, -0.25) is 0 Å². The molecule has 0 atom stereocenters. The summed E-state index contributed by atoms with van der Waals surface area (Å²) >= 11 is 0. The molecule has 18 heavy (non-hydrogen) atoms. The largest absolute Gasteiger partial charge is 0.384 e. The van der Waals surface area contributed by atoms with Gasteiger partial charge in [0.05, 0.1) is 0 Å². The first-order valence-corrected chi connectivity index (χ1v) is 7.35. The van der Waals surface area contributed by atoms with Crippen LogP contribution in [-0.2, 0) is 0 Å². The second-order valence-electron chi connectivity index (χ2n) is 5.42. The highest BCUT2D eigenvalue weighted by atomic mass is 15.1. The van der Waals surface area contributed by atoms with Crippen molar-refractivity contribution in [3.8, 4) is 0 Å². The van der Waals surface area contributed by atoms with Crippen LogP contribution in [0.15, 0.2) is 30.3 Å². The zero-order valence-electron chi connectivity index (χ0n) is 11.6. The third-order valence-corrected chi connectivity index (χ3v) is 4.02. The lowest BCUT2D eigenvalue weighted by Gasteiger charge is -2.27. The monoisotopic (exact) mass is 246 g/mol. The molecule has 0 aliphatic heterocycles. The first kappa shape index (κ1) is 13.4. The molecule has 100 valence electrons. The Morgan fingerprint density at radius 1 is 1.06 bits per heavy atom. The van der Waals surface area contributed by atoms with Crippen molar-refractivity contribution in [2.45, 2.75) is 44.6 Å². The minimum Gasteiger partial charge on any atom is -0.384 e. The Hall–Kier alpha value is -1.02. The molecule has 2 nitrogen and oxygen atoms in total. The zero-order valence-corrected chi connectivity index (χ0v) is 11.6. The highest BCUT2D eigenvalue weighted by Gasteiger charge is 2.16. The van der Waals surface area contributed by atoms with Gasteiger partial charge in [-0.25, -0.2) is 0 Å². The van der Waals surface area contributed by atoms with Crippen molar-refractivity contribution in [1.29, 1.82) is 0 Å². The minimum absolute atomic E-state index is 0.810. The number of likely N-dealkylation sites (N-methyl/N-ethyl adjacent to an activating group) is 1. The van der Waals surface area contributed by atoms with Crippen molar-refractivity contribution in [2.24, 2.45) is 0 Å². The Bertz CT molecular complexity index is 315. The Kier molecular flexibility index (Phi) is 5.53. The summed E-state index contributed by atoms with van der Waals surface area (Å²) in [5, 5.41) is 3.49. The molecule has 0 radical (unpaired) electrons. The van der Waals surface area contributed by atoms with Crippen LogP contribution in [0.2, 0.25) is 0 Å². The van der Waals surface area contributed by atoms with Gasteiger partial charge in [0.25, 0.3) is 0 Å². The maximum absolute atomic E-state index is 3.49. The fourth-order valence-electron chi connectivity index (χ4n) is 2.81. The van der Waals surface area contributed by atoms with Crippen LogP contribution >= 0.6 is 0 Å². The van der Waals surface area contributed by atoms with Crippen LogP contribution in [0, 0.1) is 0 Å². The second kappa shape index (κ2) is 7.42. The molecule has 0 spiro atoms. The quantitative estimate of drug-likeness (QED) is 0.796. The Balaban J connectivity index is 1.69. The third-order valence-electron chi connectivity index (χ3n) is 4.02. The predicted octanol–water partition coefficient (Wildman–Crippen LogP) is 3.75. The van der Waals surface area contributed by atoms with E-state index < -0.39 is 0 Å². The molecule has 0 amide bonds. The summed E-state index contributed by atoms with van der Waals surface area (Å²) in [6.07, 6.45) is 8.49. The summed E-state index contributed by atoms with van der Waals surface area (Å²) in [6.45, 7) is 2.18. The summed E-state index contributed by atoms with van der Waals surface area (Å²) in [5.74, 6) is 0. The molecular formula is C16H26N2. The van der Waals surface area contributed by atoms with Gasteiger partial charge in [0.15, 0.2) is 0 Å². The second-order valence-corrected chi connectivity index (χ2v) is 5.42. The average molecular weight is 246 g/mol. The van der Waals surface area contributed by atoms with Crippen LogP contribution in [0.1, 0.15) is 38.5 Å². The fraction of sp³-hybridized carbons (Fsp3) is 0.625. The molecule has 0 heterocycles. The first-order valence-electron chi connectivity index (χ1n) is 7.35. The van der Waals surface area contributed by atoms with Crippen LogP contribution in [0.4, 0.5) is 5.69 Å². The van der Waals surface area contributed by atoms with Gasteiger partial charge in [-0.15, -0.1) is 0 Å². The Morgan fingerprint density at radius 3 is 2.39 bits per heavy atom. The lowest BCUT2D eigenvalue weighted by molar-refractivity contribution is 0.229. The minimum atomic E-state index is 0.810. The standard InChI is InChI=1S/C16H26N2/c1-18(16-11-7-2-3-8-12-16)14-13-17-15-9-5-4-6-10-15/h4-6,9-10,16-17H,2-3,7-8,11-14H2,1H3. The van der Waals surface area contributed by atoms with E-state index in [2.05, 4.69) is 47.6 Å². The number of hydrogen-bond donors (Lipinski definition) is 1. The lowest BCUT2D eigenvalue weighted by Crippen LogP contribution is -2.34. The summed E-state index contributed by atoms with van der Waals surface area (Å²) in [5.41, 5.74) is 1.23. The maximum Gasteiger partial charge on any atom is 0.0340 e. The number of benzene rings is 1. The fourth-order valence-corrected chi connectivity index (χ4v) is 2.81. The molecule has 1 aromatic carbocycles. The third kappa shape index (κ3) is 4.34. The van der Waals surface area contributed by atoms with Crippen LogP contribution in [0.3, 0.4) is 0 Å². The topological polar surface area (TPSA) is 15.3 Å². The number of nitrogens with zero attached hydrogens (tertiary/aromatic N) is 1. The number of nitrogens with one attached hydrogen (secondary N) is 1. The molecule has 0 bridgehead atoms. The van der Waals surface area contributed by atoms with E-state index in [1.165, 1.54) is 44.2 Å². The Morgan fingerprint density at radius 2 is 1.72 bits per heavy atom. The van der Waals surface area contributed by atoms with E-state index in [-0.39, 0.29) is 0 Å². The molecule has 2 heteroatoms. The van der Waals surface area contributed by atoms with E-state index in [4.69, 9.17) is 0 Å². The van der Waals surface area contributed by atoms with E-state index in [1.54, 1.807) is 0 Å². The smallest absolute Gasteiger partial charge is 0.0340 e. The molecular weight excluding hydrogens is 220 g/mol. The molecule has 1 aromatic rings. The van der Waals surface area contributed by atoms with Crippen molar-refractivity contribution >= 4 is 5.69 Å². The van der Waals surface area contributed by atoms with Crippen molar-refractivity contribution < 1.29 is 0 Å². The Labute approximate surface area is 111 Å². The number of anilines is 1.